The second-order valence-electron chi connectivity index (χ2n) is 6.37. The van der Waals surface area contributed by atoms with Crippen LogP contribution in [0, 0.1) is 24.2 Å². The first kappa shape index (κ1) is 15.5. The van der Waals surface area contributed by atoms with E-state index in [0.29, 0.717) is 12.5 Å². The molecule has 0 aromatic heterocycles. The monoisotopic (exact) mass is 286 g/mol. The zero-order valence-corrected chi connectivity index (χ0v) is 13.1. The van der Waals surface area contributed by atoms with Crippen molar-refractivity contribution < 1.29 is 9.69 Å². The Kier molecular flexibility index (Phi) is 4.64. The van der Waals surface area contributed by atoms with Gasteiger partial charge in [-0.2, -0.15) is 5.26 Å². The molecule has 0 aliphatic heterocycles. The summed E-state index contributed by atoms with van der Waals surface area (Å²) in [6.45, 7) is 5.12. The Balaban J connectivity index is 1.88. The average molecular weight is 286 g/mol. The van der Waals surface area contributed by atoms with Crippen LogP contribution in [0.1, 0.15) is 30.9 Å². The summed E-state index contributed by atoms with van der Waals surface area (Å²) in [5.41, 5.74) is 1.81. The molecule has 0 saturated heterocycles. The Hall–Kier alpha value is -1.86. The third-order valence-corrected chi connectivity index (χ3v) is 4.24. The zero-order chi connectivity index (χ0) is 15.5. The van der Waals surface area contributed by atoms with Gasteiger partial charge in [0, 0.05) is 5.56 Å². The van der Waals surface area contributed by atoms with Gasteiger partial charge >= 0.3 is 0 Å². The molecule has 0 radical (unpaired) electrons. The van der Waals surface area contributed by atoms with Gasteiger partial charge in [0.25, 0.3) is 5.91 Å². The molecule has 2 atom stereocenters. The molecule has 1 aliphatic carbocycles. The van der Waals surface area contributed by atoms with Crippen LogP contribution in [0.25, 0.3) is 0 Å². The standard InChI is InChI=1S/C17H23N3O/c1-13-6-4-5-7-14(13)10-20(3)11-16(21)19-17(2,12-18)15-8-9-15/h4-7,15H,8-11H2,1-3H3,(H,19,21)/p+1/t17-/m0/s1. The fourth-order valence-corrected chi connectivity index (χ4v) is 2.69. The highest BCUT2D eigenvalue weighted by Gasteiger charge is 2.43. The van der Waals surface area contributed by atoms with Crippen LogP contribution in [-0.4, -0.2) is 25.0 Å². The molecule has 0 heterocycles. The van der Waals surface area contributed by atoms with E-state index in [2.05, 4.69) is 30.4 Å². The van der Waals surface area contributed by atoms with Crippen molar-refractivity contribution >= 4 is 5.91 Å². The fourth-order valence-electron chi connectivity index (χ4n) is 2.69. The van der Waals surface area contributed by atoms with Crippen molar-refractivity contribution in [2.75, 3.05) is 13.6 Å². The number of nitriles is 1. The number of nitrogens with zero attached hydrogens (tertiary/aromatic N) is 1. The van der Waals surface area contributed by atoms with E-state index in [1.54, 1.807) is 0 Å². The number of hydrogen-bond acceptors (Lipinski definition) is 2. The molecule has 2 rings (SSSR count). The van der Waals surface area contributed by atoms with Crippen molar-refractivity contribution in [3.05, 3.63) is 35.4 Å². The van der Waals surface area contributed by atoms with Crippen LogP contribution in [0.4, 0.5) is 0 Å². The predicted molar refractivity (Wildman–Crippen MR) is 81.5 cm³/mol. The maximum absolute atomic E-state index is 12.2. The second-order valence-corrected chi connectivity index (χ2v) is 6.37. The number of carbonyl (C=O) groups excluding carboxylic acids is 1. The lowest BCUT2D eigenvalue weighted by Gasteiger charge is -2.24. The summed E-state index contributed by atoms with van der Waals surface area (Å²) in [5, 5.41) is 12.2. The van der Waals surface area contributed by atoms with E-state index in [1.165, 1.54) is 11.1 Å². The smallest absolute Gasteiger partial charge is 0.276 e. The molecule has 0 bridgehead atoms. The molecular weight excluding hydrogens is 262 g/mol. The molecule has 1 fully saturated rings. The normalized spacial score (nSPS) is 18.4. The lowest BCUT2D eigenvalue weighted by molar-refractivity contribution is -0.885. The fraction of sp³-hybridized carbons (Fsp3) is 0.529. The van der Waals surface area contributed by atoms with E-state index in [0.717, 1.165) is 24.3 Å². The Morgan fingerprint density at radius 2 is 2.14 bits per heavy atom. The molecule has 112 valence electrons. The minimum atomic E-state index is -0.694. The lowest BCUT2D eigenvalue weighted by Crippen LogP contribution is -3.09. The van der Waals surface area contributed by atoms with Gasteiger partial charge in [-0.05, 0) is 38.2 Å². The van der Waals surface area contributed by atoms with Gasteiger partial charge in [-0.3, -0.25) is 4.79 Å². The summed E-state index contributed by atoms with van der Waals surface area (Å²) in [6, 6.07) is 10.5. The minimum Gasteiger partial charge on any atom is -0.333 e. The summed E-state index contributed by atoms with van der Waals surface area (Å²) >= 11 is 0. The molecule has 21 heavy (non-hydrogen) atoms. The van der Waals surface area contributed by atoms with Crippen molar-refractivity contribution in [3.8, 4) is 6.07 Å². The van der Waals surface area contributed by atoms with E-state index in [-0.39, 0.29) is 5.91 Å². The van der Waals surface area contributed by atoms with E-state index in [1.807, 2.05) is 26.1 Å². The Morgan fingerprint density at radius 3 is 2.71 bits per heavy atom. The number of rotatable bonds is 6. The first-order chi connectivity index (χ1) is 9.94. The Bertz CT molecular complexity index is 559. The molecule has 1 unspecified atom stereocenters. The molecule has 1 aromatic rings. The molecule has 4 nitrogen and oxygen atoms in total. The molecule has 2 N–H and O–H groups in total. The van der Waals surface area contributed by atoms with Gasteiger partial charge in [0.05, 0.1) is 13.1 Å². The lowest BCUT2D eigenvalue weighted by atomic mass is 9.98. The quantitative estimate of drug-likeness (QED) is 0.813. The molecular formula is C17H24N3O+. The van der Waals surface area contributed by atoms with Crippen LogP contribution in [-0.2, 0) is 11.3 Å². The van der Waals surface area contributed by atoms with Gasteiger partial charge in [0.15, 0.2) is 6.54 Å². The van der Waals surface area contributed by atoms with Crippen molar-refractivity contribution in [2.45, 2.75) is 38.8 Å². The average Bonchev–Trinajstić information content (AvgIpc) is 3.25. The molecule has 0 spiro atoms. The van der Waals surface area contributed by atoms with Crippen LogP contribution in [0.3, 0.4) is 0 Å². The SMILES string of the molecule is Cc1ccccc1C[NH+](C)CC(=O)N[C@@](C)(C#N)C1CC1. The van der Waals surface area contributed by atoms with E-state index >= 15 is 0 Å². The molecule has 1 aromatic carbocycles. The molecule has 1 saturated carbocycles. The highest BCUT2D eigenvalue weighted by atomic mass is 16.2. The number of aryl methyl sites for hydroxylation is 1. The first-order valence-electron chi connectivity index (χ1n) is 7.52. The summed E-state index contributed by atoms with van der Waals surface area (Å²) in [7, 11) is 2.01. The highest BCUT2D eigenvalue weighted by molar-refractivity contribution is 5.78. The summed E-state index contributed by atoms with van der Waals surface area (Å²) in [5.74, 6) is 0.278. The van der Waals surface area contributed by atoms with Crippen LogP contribution < -0.4 is 10.2 Å². The first-order valence-corrected chi connectivity index (χ1v) is 7.52. The number of nitrogens with one attached hydrogen (secondary N) is 2. The van der Waals surface area contributed by atoms with Gasteiger partial charge in [-0.15, -0.1) is 0 Å². The Morgan fingerprint density at radius 1 is 1.48 bits per heavy atom. The number of hydrogen-bond donors (Lipinski definition) is 2. The van der Waals surface area contributed by atoms with Crippen LogP contribution in [0.5, 0.6) is 0 Å². The number of carbonyl (C=O) groups is 1. The second kappa shape index (κ2) is 6.28. The maximum atomic E-state index is 12.2. The van der Waals surface area contributed by atoms with Crippen LogP contribution in [0.15, 0.2) is 24.3 Å². The maximum Gasteiger partial charge on any atom is 0.276 e. The van der Waals surface area contributed by atoms with E-state index < -0.39 is 5.54 Å². The summed E-state index contributed by atoms with van der Waals surface area (Å²) in [6.07, 6.45) is 2.08. The minimum absolute atomic E-state index is 0.0444. The largest absolute Gasteiger partial charge is 0.333 e. The van der Waals surface area contributed by atoms with Gasteiger partial charge in [0.2, 0.25) is 0 Å². The zero-order valence-electron chi connectivity index (χ0n) is 13.1. The Labute approximate surface area is 126 Å². The van der Waals surface area contributed by atoms with E-state index in [9.17, 15) is 10.1 Å². The molecule has 4 heteroatoms. The van der Waals surface area contributed by atoms with Crippen molar-refractivity contribution in [1.29, 1.82) is 5.26 Å². The third-order valence-electron chi connectivity index (χ3n) is 4.24. The van der Waals surface area contributed by atoms with Crippen LogP contribution >= 0.6 is 0 Å². The molecule has 1 amide bonds. The van der Waals surface area contributed by atoms with E-state index in [4.69, 9.17) is 0 Å². The highest BCUT2D eigenvalue weighted by Crippen LogP contribution is 2.39. The van der Waals surface area contributed by atoms with Crippen molar-refractivity contribution in [2.24, 2.45) is 5.92 Å². The van der Waals surface area contributed by atoms with Gasteiger partial charge in [0.1, 0.15) is 12.1 Å². The summed E-state index contributed by atoms with van der Waals surface area (Å²) in [4.78, 5) is 13.3. The summed E-state index contributed by atoms with van der Waals surface area (Å²) < 4.78 is 0. The number of amides is 1. The number of likely N-dealkylation sites (N-methyl/N-ethyl adjacent to an activating group) is 1. The predicted octanol–water partition coefficient (Wildman–Crippen LogP) is 0.818. The number of benzene rings is 1. The molecule has 1 aliphatic rings. The van der Waals surface area contributed by atoms with Crippen molar-refractivity contribution in [3.63, 3.8) is 0 Å². The van der Waals surface area contributed by atoms with Crippen molar-refractivity contribution in [1.82, 2.24) is 5.32 Å². The topological polar surface area (TPSA) is 57.3 Å². The third kappa shape index (κ3) is 4.05. The van der Waals surface area contributed by atoms with Crippen LogP contribution in [0.2, 0.25) is 0 Å². The van der Waals surface area contributed by atoms with Gasteiger partial charge in [-0.25, -0.2) is 0 Å². The van der Waals surface area contributed by atoms with Gasteiger partial charge < -0.3 is 10.2 Å². The number of quaternary nitrogens is 1. The van der Waals surface area contributed by atoms with Gasteiger partial charge in [-0.1, -0.05) is 24.3 Å².